The molecule has 2 aromatic rings. The van der Waals surface area contributed by atoms with Crippen molar-refractivity contribution < 1.29 is 4.79 Å². The third-order valence-electron chi connectivity index (χ3n) is 6.35. The van der Waals surface area contributed by atoms with Crippen LogP contribution in [0.5, 0.6) is 0 Å². The van der Waals surface area contributed by atoms with Gasteiger partial charge >= 0.3 is 0 Å². The maximum atomic E-state index is 12.9. The Balaban J connectivity index is 1.66. The van der Waals surface area contributed by atoms with Gasteiger partial charge in [0, 0.05) is 49.7 Å². The van der Waals surface area contributed by atoms with E-state index < -0.39 is 0 Å². The van der Waals surface area contributed by atoms with Gasteiger partial charge in [0.25, 0.3) is 0 Å². The molecule has 1 aliphatic rings. The molecule has 3 heterocycles. The van der Waals surface area contributed by atoms with Gasteiger partial charge in [-0.05, 0) is 56.2 Å². The molecule has 6 nitrogen and oxygen atoms in total. The predicted octanol–water partition coefficient (Wildman–Crippen LogP) is 4.44. The maximum absolute atomic E-state index is 12.9. The molecule has 1 aliphatic heterocycles. The Bertz CT molecular complexity index is 900. The van der Waals surface area contributed by atoms with E-state index in [-0.39, 0.29) is 5.92 Å². The van der Waals surface area contributed by atoms with Crippen LogP contribution in [0.15, 0.2) is 30.6 Å². The number of hydrogen-bond acceptors (Lipinski definition) is 4. The van der Waals surface area contributed by atoms with Crippen molar-refractivity contribution in [3.8, 4) is 0 Å². The molecule has 0 saturated carbocycles. The van der Waals surface area contributed by atoms with E-state index in [0.717, 1.165) is 74.9 Å². The fourth-order valence-corrected chi connectivity index (χ4v) is 4.56. The van der Waals surface area contributed by atoms with Crippen molar-refractivity contribution in [2.24, 2.45) is 17.6 Å². The molecule has 0 spiro atoms. The topological polar surface area (TPSA) is 88.0 Å². The second-order valence-corrected chi connectivity index (χ2v) is 8.35. The van der Waals surface area contributed by atoms with Gasteiger partial charge in [0.15, 0.2) is 0 Å². The highest BCUT2D eigenvalue weighted by Gasteiger charge is 2.25. The molecule has 3 rings (SSSR count). The molecule has 0 aliphatic carbocycles. The largest absolute Gasteiger partial charge is 0.404 e. The van der Waals surface area contributed by atoms with Crippen LogP contribution < -0.4 is 5.73 Å². The smallest absolute Gasteiger partial charge is 0.225 e. The van der Waals surface area contributed by atoms with Crippen LogP contribution in [0.4, 0.5) is 0 Å². The maximum Gasteiger partial charge on any atom is 0.225 e. The predicted molar refractivity (Wildman–Crippen MR) is 123 cm³/mol. The van der Waals surface area contributed by atoms with Gasteiger partial charge in [0.2, 0.25) is 5.91 Å². The van der Waals surface area contributed by atoms with Crippen molar-refractivity contribution >= 4 is 28.7 Å². The summed E-state index contributed by atoms with van der Waals surface area (Å²) in [7, 11) is 0. The van der Waals surface area contributed by atoms with Crippen LogP contribution in [0.3, 0.4) is 0 Å². The lowest BCUT2D eigenvalue weighted by Gasteiger charge is -2.25. The lowest BCUT2D eigenvalue weighted by Crippen LogP contribution is -2.36. The van der Waals surface area contributed by atoms with Gasteiger partial charge in [-0.25, -0.2) is 4.98 Å². The summed E-state index contributed by atoms with van der Waals surface area (Å²) in [4.78, 5) is 19.7. The third-order valence-corrected chi connectivity index (χ3v) is 6.35. The number of allylic oxidation sites excluding steroid dienone is 1. The lowest BCUT2D eigenvalue weighted by atomic mass is 9.99. The van der Waals surface area contributed by atoms with Crippen LogP contribution in [0.2, 0.25) is 0 Å². The Morgan fingerprint density at radius 1 is 1.30 bits per heavy atom. The fourth-order valence-electron chi connectivity index (χ4n) is 4.56. The zero-order valence-corrected chi connectivity index (χ0v) is 18.3. The van der Waals surface area contributed by atoms with Crippen LogP contribution >= 0.6 is 0 Å². The minimum atomic E-state index is 0.189. The monoisotopic (exact) mass is 409 g/mol. The normalized spacial score (nSPS) is 18.9. The van der Waals surface area contributed by atoms with Gasteiger partial charge < -0.3 is 20.6 Å². The van der Waals surface area contributed by atoms with Crippen molar-refractivity contribution in [2.75, 3.05) is 13.1 Å². The number of rotatable bonds is 8. The summed E-state index contributed by atoms with van der Waals surface area (Å²) in [6.07, 6.45) is 11.0. The zero-order valence-electron chi connectivity index (χ0n) is 18.3. The minimum Gasteiger partial charge on any atom is -0.404 e. The summed E-state index contributed by atoms with van der Waals surface area (Å²) in [5.74, 6) is 1.11. The van der Waals surface area contributed by atoms with E-state index in [2.05, 4.69) is 40.6 Å². The highest BCUT2D eigenvalue weighted by atomic mass is 16.2. The second-order valence-electron chi connectivity index (χ2n) is 8.35. The molecule has 6 heteroatoms. The highest BCUT2D eigenvalue weighted by molar-refractivity contribution is 6.07. The Morgan fingerprint density at radius 3 is 2.83 bits per heavy atom. The number of amides is 1. The van der Waals surface area contributed by atoms with Crippen LogP contribution in [0, 0.1) is 17.2 Å². The van der Waals surface area contributed by atoms with Crippen LogP contribution in [0.25, 0.3) is 16.6 Å². The van der Waals surface area contributed by atoms with Gasteiger partial charge in [-0.2, -0.15) is 0 Å². The summed E-state index contributed by atoms with van der Waals surface area (Å²) in [5, 5.41) is 7.46. The molecular formula is C24H35N5O. The van der Waals surface area contributed by atoms with E-state index in [4.69, 9.17) is 11.1 Å². The van der Waals surface area contributed by atoms with Crippen molar-refractivity contribution in [3.63, 3.8) is 0 Å². The van der Waals surface area contributed by atoms with E-state index in [1.807, 2.05) is 12.1 Å². The molecule has 2 unspecified atom stereocenters. The van der Waals surface area contributed by atoms with E-state index >= 15 is 0 Å². The molecular weight excluding hydrogens is 374 g/mol. The van der Waals surface area contributed by atoms with Crippen LogP contribution in [-0.2, 0) is 11.3 Å². The van der Waals surface area contributed by atoms with Crippen molar-refractivity contribution in [1.29, 1.82) is 5.41 Å². The number of hydrogen-bond donors (Lipinski definition) is 2. The Labute approximate surface area is 179 Å². The number of fused-ring (bicyclic) bond motifs is 1. The first-order valence-corrected chi connectivity index (χ1v) is 11.3. The van der Waals surface area contributed by atoms with Crippen LogP contribution in [0.1, 0.15) is 58.1 Å². The number of nitrogens with one attached hydrogen (secondary N) is 1. The Morgan fingerprint density at radius 2 is 2.13 bits per heavy atom. The average Bonchev–Trinajstić information content (AvgIpc) is 3.00. The van der Waals surface area contributed by atoms with Gasteiger partial charge in [-0.15, -0.1) is 0 Å². The summed E-state index contributed by atoms with van der Waals surface area (Å²) in [6, 6.07) is 6.02. The molecule has 30 heavy (non-hydrogen) atoms. The zero-order chi connectivity index (χ0) is 21.5. The number of carbonyl (C=O) groups excluding carboxylic acids is 1. The van der Waals surface area contributed by atoms with E-state index in [1.54, 1.807) is 0 Å². The first-order chi connectivity index (χ1) is 14.6. The van der Waals surface area contributed by atoms with Crippen molar-refractivity contribution in [2.45, 2.75) is 58.9 Å². The van der Waals surface area contributed by atoms with Gasteiger partial charge in [-0.1, -0.05) is 20.3 Å². The van der Waals surface area contributed by atoms with Crippen molar-refractivity contribution in [1.82, 2.24) is 14.5 Å². The summed E-state index contributed by atoms with van der Waals surface area (Å²) < 4.78 is 2.27. The molecule has 2 atom stereocenters. The number of likely N-dealkylation sites (tertiary alicyclic amines) is 1. The molecule has 0 bridgehead atoms. The Kier molecular flexibility index (Phi) is 7.66. The van der Waals surface area contributed by atoms with E-state index in [1.165, 1.54) is 12.4 Å². The Hall–Kier alpha value is -2.63. The fraction of sp³-hybridized carbons (Fsp3) is 0.542. The van der Waals surface area contributed by atoms with Gasteiger partial charge in [0.1, 0.15) is 0 Å². The minimum absolute atomic E-state index is 0.189. The number of carbonyl (C=O) groups is 1. The molecule has 2 aromatic heterocycles. The second kappa shape index (κ2) is 10.4. The van der Waals surface area contributed by atoms with Gasteiger partial charge in [0.05, 0.1) is 16.7 Å². The van der Waals surface area contributed by atoms with Crippen molar-refractivity contribution in [3.05, 3.63) is 36.3 Å². The van der Waals surface area contributed by atoms with Gasteiger partial charge in [-0.3, -0.25) is 4.79 Å². The highest BCUT2D eigenvalue weighted by Crippen LogP contribution is 2.25. The number of aromatic nitrogens is 2. The average molecular weight is 410 g/mol. The molecule has 1 amide bonds. The van der Waals surface area contributed by atoms with Crippen LogP contribution in [-0.4, -0.2) is 39.7 Å². The number of nitrogens with two attached hydrogens (primary N) is 1. The molecule has 0 radical (unpaired) electrons. The molecule has 0 aromatic carbocycles. The number of pyridine rings is 1. The summed E-state index contributed by atoms with van der Waals surface area (Å²) in [5.41, 5.74) is 8.96. The summed E-state index contributed by atoms with van der Waals surface area (Å²) >= 11 is 0. The molecule has 162 valence electrons. The SMILES string of the molecule is CCCC(CC)C(=O)N1CCCC(Cn2ccc3nc(/C(C=N)=C/N)ccc32)CC1. The van der Waals surface area contributed by atoms with E-state index in [9.17, 15) is 4.79 Å². The number of nitrogens with zero attached hydrogens (tertiary/aromatic N) is 3. The summed E-state index contributed by atoms with van der Waals surface area (Å²) in [6.45, 7) is 7.00. The third kappa shape index (κ3) is 4.91. The molecule has 3 N–H and O–H groups in total. The quantitative estimate of drug-likeness (QED) is 0.632. The van der Waals surface area contributed by atoms with E-state index in [0.29, 0.717) is 17.4 Å². The first kappa shape index (κ1) is 22.1. The standard InChI is InChI=1S/C24H35N5O/c1-3-6-19(4-2)24(30)28-12-5-7-18(10-13-28)17-29-14-11-22-23(29)9-8-21(27-22)20(15-25)16-26/h8-9,11,14-16,18-19,25H,3-7,10,12-13,17,26H2,1-2H3/b20-16+,25-15?. The molecule has 1 saturated heterocycles. The lowest BCUT2D eigenvalue weighted by molar-refractivity contribution is -0.135. The first-order valence-electron chi connectivity index (χ1n) is 11.3. The molecule has 1 fully saturated rings.